The quantitative estimate of drug-likeness (QED) is 0.650. The Hall–Kier alpha value is -3.29. The van der Waals surface area contributed by atoms with Gasteiger partial charge < -0.3 is 4.90 Å². The van der Waals surface area contributed by atoms with Crippen LogP contribution in [0.3, 0.4) is 0 Å². The van der Waals surface area contributed by atoms with Crippen LogP contribution in [0.25, 0.3) is 11.4 Å². The summed E-state index contributed by atoms with van der Waals surface area (Å²) >= 11 is 0. The molecule has 1 amide bonds. The molecule has 0 fully saturated rings. The molecule has 3 aromatic rings. The molecule has 1 aliphatic heterocycles. The lowest BCUT2D eigenvalue weighted by Gasteiger charge is -2.25. The second kappa shape index (κ2) is 7.51. The van der Waals surface area contributed by atoms with Gasteiger partial charge in [0.05, 0.1) is 17.5 Å². The summed E-state index contributed by atoms with van der Waals surface area (Å²) in [5, 5.41) is 8.20. The van der Waals surface area contributed by atoms with E-state index in [9.17, 15) is 18.0 Å². The van der Waals surface area contributed by atoms with Crippen molar-refractivity contribution in [3.05, 3.63) is 76.1 Å². The molecule has 4 rings (SSSR count). The highest BCUT2D eigenvalue weighted by molar-refractivity contribution is 5.98. The topological polar surface area (TPSA) is 59.0 Å². The van der Waals surface area contributed by atoms with Crippen LogP contribution in [0.1, 0.15) is 38.2 Å². The molecule has 0 bridgehead atoms. The summed E-state index contributed by atoms with van der Waals surface area (Å²) in [6.45, 7) is 2.36. The van der Waals surface area contributed by atoms with Crippen molar-refractivity contribution in [3.8, 4) is 11.4 Å². The lowest BCUT2D eigenvalue weighted by molar-refractivity contribution is -0.137. The first-order valence-corrected chi connectivity index (χ1v) is 9.46. The molecule has 0 spiro atoms. The maximum absolute atomic E-state index is 13.1. The highest BCUT2D eigenvalue weighted by Gasteiger charge is 2.31. The normalized spacial score (nSPS) is 14.0. The van der Waals surface area contributed by atoms with Gasteiger partial charge in [-0.2, -0.15) is 18.3 Å². The molecule has 0 atom stereocenters. The third kappa shape index (κ3) is 3.77. The Morgan fingerprint density at radius 1 is 1.17 bits per heavy atom. The first-order valence-electron chi connectivity index (χ1n) is 9.46. The zero-order valence-electron chi connectivity index (χ0n) is 16.5. The van der Waals surface area contributed by atoms with Crippen LogP contribution in [0.5, 0.6) is 0 Å². The number of nitrogens with zero attached hydrogens (tertiary/aromatic N) is 4. The van der Waals surface area contributed by atoms with Gasteiger partial charge in [-0.3, -0.25) is 9.78 Å². The maximum atomic E-state index is 13.1. The fraction of sp³-hybridized carbons (Fsp3) is 0.273. The Bertz CT molecular complexity index is 1130. The zero-order chi connectivity index (χ0) is 21.5. The van der Waals surface area contributed by atoms with E-state index >= 15 is 0 Å². The first-order chi connectivity index (χ1) is 14.2. The van der Waals surface area contributed by atoms with Crippen LogP contribution in [-0.2, 0) is 19.0 Å². The number of hydrogen-bond acceptors (Lipinski definition) is 4. The molecule has 30 heavy (non-hydrogen) atoms. The molecule has 154 valence electrons. The van der Waals surface area contributed by atoms with Gasteiger partial charge in [-0.1, -0.05) is 6.07 Å². The number of likely N-dealkylation sites (N-methyl/N-ethyl adjacent to an activating group) is 1. The van der Waals surface area contributed by atoms with Gasteiger partial charge in [0, 0.05) is 25.4 Å². The number of amides is 1. The van der Waals surface area contributed by atoms with Crippen LogP contribution in [-0.4, -0.2) is 39.6 Å². The summed E-state index contributed by atoms with van der Waals surface area (Å²) in [6, 6.07) is 7.21. The highest BCUT2D eigenvalue weighted by atomic mass is 19.4. The van der Waals surface area contributed by atoms with Crippen molar-refractivity contribution < 1.29 is 18.0 Å². The predicted molar refractivity (Wildman–Crippen MR) is 105 cm³/mol. The van der Waals surface area contributed by atoms with Crippen molar-refractivity contribution in [3.63, 3.8) is 0 Å². The van der Waals surface area contributed by atoms with Crippen LogP contribution in [0, 0.1) is 6.92 Å². The lowest BCUT2D eigenvalue weighted by Crippen LogP contribution is -2.34. The summed E-state index contributed by atoms with van der Waals surface area (Å²) in [4.78, 5) is 18.5. The summed E-state index contributed by atoms with van der Waals surface area (Å²) in [5.41, 5.74) is 3.90. The van der Waals surface area contributed by atoms with Crippen molar-refractivity contribution in [1.29, 1.82) is 0 Å². The number of benzene rings is 1. The number of pyridine rings is 1. The second-order valence-corrected chi connectivity index (χ2v) is 7.43. The number of fused-ring (bicyclic) bond motifs is 1. The van der Waals surface area contributed by atoms with Crippen LogP contribution in [0.15, 0.2) is 42.7 Å². The highest BCUT2D eigenvalue weighted by Crippen LogP contribution is 2.32. The van der Waals surface area contributed by atoms with E-state index in [1.165, 1.54) is 18.3 Å². The van der Waals surface area contributed by atoms with Gasteiger partial charge in [-0.25, -0.2) is 0 Å². The average Bonchev–Trinajstić information content (AvgIpc) is 2.71. The number of carbonyl (C=O) groups is 1. The Labute approximate surface area is 171 Å². The van der Waals surface area contributed by atoms with Crippen LogP contribution in [0.4, 0.5) is 13.2 Å². The molecular weight excluding hydrogens is 393 g/mol. The molecular formula is C22H19F3N4O. The third-order valence-corrected chi connectivity index (χ3v) is 5.35. The van der Waals surface area contributed by atoms with Crippen molar-refractivity contribution >= 4 is 5.91 Å². The molecule has 0 N–H and O–H groups in total. The number of halogens is 3. The molecule has 0 saturated heterocycles. The molecule has 3 heterocycles. The largest absolute Gasteiger partial charge is 0.416 e. The molecule has 0 radical (unpaired) electrons. The molecule has 1 aliphatic rings. The number of aryl methyl sites for hydroxylation is 1. The van der Waals surface area contributed by atoms with E-state index in [4.69, 9.17) is 0 Å². The Morgan fingerprint density at radius 3 is 2.73 bits per heavy atom. The number of hydrogen-bond donors (Lipinski definition) is 0. The predicted octanol–water partition coefficient (Wildman–Crippen LogP) is 4.08. The smallest absolute Gasteiger partial charge is 0.341 e. The van der Waals surface area contributed by atoms with E-state index in [0.717, 1.165) is 22.8 Å². The molecule has 0 aliphatic carbocycles. The number of rotatable bonds is 3. The van der Waals surface area contributed by atoms with Crippen LogP contribution >= 0.6 is 0 Å². The molecule has 0 saturated carbocycles. The van der Waals surface area contributed by atoms with Gasteiger partial charge in [0.1, 0.15) is 5.69 Å². The average molecular weight is 412 g/mol. The summed E-state index contributed by atoms with van der Waals surface area (Å²) in [7, 11) is 1.75. The van der Waals surface area contributed by atoms with Gasteiger partial charge in [0.15, 0.2) is 0 Å². The van der Waals surface area contributed by atoms with Crippen LogP contribution in [0.2, 0.25) is 0 Å². The molecule has 1 aromatic carbocycles. The lowest BCUT2D eigenvalue weighted by atomic mass is 9.95. The minimum absolute atomic E-state index is 0.0661. The van der Waals surface area contributed by atoms with E-state index in [-0.39, 0.29) is 12.3 Å². The third-order valence-electron chi connectivity index (χ3n) is 5.35. The van der Waals surface area contributed by atoms with Crippen molar-refractivity contribution in [2.75, 3.05) is 13.6 Å². The number of aromatic nitrogens is 3. The van der Waals surface area contributed by atoms with Gasteiger partial charge in [-0.05, 0) is 66.3 Å². The Kier molecular flexibility index (Phi) is 5.01. The molecule has 8 heteroatoms. The maximum Gasteiger partial charge on any atom is 0.416 e. The van der Waals surface area contributed by atoms with E-state index < -0.39 is 11.7 Å². The Balaban J connectivity index is 1.70. The van der Waals surface area contributed by atoms with Crippen molar-refractivity contribution in [1.82, 2.24) is 20.1 Å². The summed E-state index contributed by atoms with van der Waals surface area (Å²) < 4.78 is 39.2. The second-order valence-electron chi connectivity index (χ2n) is 7.43. The van der Waals surface area contributed by atoms with E-state index in [1.54, 1.807) is 37.2 Å². The Morgan fingerprint density at radius 2 is 1.97 bits per heavy atom. The summed E-state index contributed by atoms with van der Waals surface area (Å²) in [5.74, 6) is -0.0661. The van der Waals surface area contributed by atoms with E-state index in [2.05, 4.69) is 15.2 Å². The standard InChI is InChI=1S/C22H19F3N4O/c1-13-3-4-16(22(23,24)25)11-15(13)9-14-10-19(28-27-12-14)20-17-6-8-29(2)21(30)18(17)5-7-26-20/h3-5,7,10-12H,6,8-9H2,1-2H3. The fourth-order valence-corrected chi connectivity index (χ4v) is 3.63. The SMILES string of the molecule is Cc1ccc(C(F)(F)F)cc1Cc1cnnc(-c2nccc3c2CCN(C)C3=O)c1. The minimum Gasteiger partial charge on any atom is -0.341 e. The number of alkyl halides is 3. The van der Waals surface area contributed by atoms with E-state index in [1.807, 2.05) is 0 Å². The van der Waals surface area contributed by atoms with Crippen molar-refractivity contribution in [2.24, 2.45) is 0 Å². The van der Waals surface area contributed by atoms with Gasteiger partial charge in [0.25, 0.3) is 5.91 Å². The van der Waals surface area contributed by atoms with Crippen molar-refractivity contribution in [2.45, 2.75) is 25.9 Å². The summed E-state index contributed by atoms with van der Waals surface area (Å²) in [6.07, 6.45) is -0.348. The first kappa shape index (κ1) is 20.0. The van der Waals surface area contributed by atoms with Gasteiger partial charge in [-0.15, -0.1) is 5.10 Å². The number of carbonyl (C=O) groups excluding carboxylic acids is 1. The molecule has 0 unspecified atom stereocenters. The van der Waals surface area contributed by atoms with E-state index in [0.29, 0.717) is 35.5 Å². The van der Waals surface area contributed by atoms with Crippen LogP contribution < -0.4 is 0 Å². The minimum atomic E-state index is -4.39. The fourth-order valence-electron chi connectivity index (χ4n) is 3.63. The monoisotopic (exact) mass is 412 g/mol. The van der Waals surface area contributed by atoms with Gasteiger partial charge >= 0.3 is 6.18 Å². The molecule has 2 aromatic heterocycles. The van der Waals surface area contributed by atoms with Gasteiger partial charge in [0.2, 0.25) is 0 Å². The zero-order valence-corrected chi connectivity index (χ0v) is 16.5. The molecule has 5 nitrogen and oxygen atoms in total.